The van der Waals surface area contributed by atoms with Gasteiger partial charge in [-0.25, -0.2) is 0 Å². The highest BCUT2D eigenvalue weighted by molar-refractivity contribution is 5.92. The van der Waals surface area contributed by atoms with Gasteiger partial charge in [0, 0.05) is 25.9 Å². The van der Waals surface area contributed by atoms with Gasteiger partial charge in [0.15, 0.2) is 0 Å². The second-order valence-electron chi connectivity index (χ2n) is 5.30. The highest BCUT2D eigenvalue weighted by atomic mass is 16.5. The number of aromatic amines is 1. The van der Waals surface area contributed by atoms with Crippen molar-refractivity contribution >= 4 is 5.91 Å². The molecule has 2 rings (SSSR count). The molecule has 100 valence electrons. The summed E-state index contributed by atoms with van der Waals surface area (Å²) < 4.78 is 5.81. The first-order chi connectivity index (χ1) is 8.66. The lowest BCUT2D eigenvalue weighted by atomic mass is 10.1. The minimum absolute atomic E-state index is 0.0787. The van der Waals surface area contributed by atoms with Crippen molar-refractivity contribution in [1.29, 1.82) is 0 Å². The number of nitrogens with zero attached hydrogens (tertiary/aromatic N) is 1. The van der Waals surface area contributed by atoms with Crippen LogP contribution < -0.4 is 0 Å². The van der Waals surface area contributed by atoms with Gasteiger partial charge < -0.3 is 14.6 Å². The van der Waals surface area contributed by atoms with Crippen LogP contribution in [-0.2, 0) is 4.74 Å². The zero-order valence-electron chi connectivity index (χ0n) is 11.2. The van der Waals surface area contributed by atoms with E-state index in [0.717, 1.165) is 32.5 Å². The Morgan fingerprint density at radius 1 is 1.61 bits per heavy atom. The van der Waals surface area contributed by atoms with E-state index in [1.54, 1.807) is 6.20 Å². The van der Waals surface area contributed by atoms with Crippen LogP contribution in [0.3, 0.4) is 0 Å². The molecule has 0 radical (unpaired) electrons. The van der Waals surface area contributed by atoms with Crippen LogP contribution in [0.25, 0.3) is 0 Å². The van der Waals surface area contributed by atoms with Gasteiger partial charge >= 0.3 is 0 Å². The highest BCUT2D eigenvalue weighted by Crippen LogP contribution is 2.16. The molecule has 1 amide bonds. The Hall–Kier alpha value is -1.29. The number of likely N-dealkylation sites (tertiary alicyclic amines) is 1. The maximum Gasteiger partial charge on any atom is 0.270 e. The summed E-state index contributed by atoms with van der Waals surface area (Å²) in [5.41, 5.74) is 0.665. The SMILES string of the molecule is CC(C)CCO[C@H]1CCN(C(=O)c2ccc[nH]2)C1. The highest BCUT2D eigenvalue weighted by Gasteiger charge is 2.27. The first-order valence-corrected chi connectivity index (χ1v) is 6.71. The first-order valence-electron chi connectivity index (χ1n) is 6.71. The van der Waals surface area contributed by atoms with Crippen LogP contribution in [0, 0.1) is 5.92 Å². The predicted molar refractivity (Wildman–Crippen MR) is 70.5 cm³/mol. The van der Waals surface area contributed by atoms with Crippen LogP contribution in [-0.4, -0.2) is 41.6 Å². The fraction of sp³-hybridized carbons (Fsp3) is 0.643. The van der Waals surface area contributed by atoms with E-state index in [2.05, 4.69) is 18.8 Å². The number of hydrogen-bond donors (Lipinski definition) is 1. The van der Waals surface area contributed by atoms with Gasteiger partial charge in [-0.3, -0.25) is 4.79 Å². The van der Waals surface area contributed by atoms with Crippen LogP contribution in [0.5, 0.6) is 0 Å². The van der Waals surface area contributed by atoms with E-state index < -0.39 is 0 Å². The average Bonchev–Trinajstić information content (AvgIpc) is 2.99. The van der Waals surface area contributed by atoms with Crippen molar-refractivity contribution in [2.24, 2.45) is 5.92 Å². The minimum Gasteiger partial charge on any atom is -0.376 e. The molecule has 0 aromatic carbocycles. The zero-order chi connectivity index (χ0) is 13.0. The number of H-pyrrole nitrogens is 1. The van der Waals surface area contributed by atoms with Crippen molar-refractivity contribution in [3.63, 3.8) is 0 Å². The fourth-order valence-electron chi connectivity index (χ4n) is 2.15. The zero-order valence-corrected chi connectivity index (χ0v) is 11.2. The fourth-order valence-corrected chi connectivity index (χ4v) is 2.15. The summed E-state index contributed by atoms with van der Waals surface area (Å²) >= 11 is 0. The van der Waals surface area contributed by atoms with Gasteiger partial charge in [-0.2, -0.15) is 0 Å². The molecule has 4 heteroatoms. The van der Waals surface area contributed by atoms with Gasteiger partial charge in [0.1, 0.15) is 5.69 Å². The second kappa shape index (κ2) is 6.05. The topological polar surface area (TPSA) is 45.3 Å². The lowest BCUT2D eigenvalue weighted by Gasteiger charge is -2.16. The normalized spacial score (nSPS) is 19.7. The van der Waals surface area contributed by atoms with Gasteiger partial charge in [0.25, 0.3) is 5.91 Å². The maximum atomic E-state index is 12.1. The monoisotopic (exact) mass is 250 g/mol. The van der Waals surface area contributed by atoms with E-state index in [-0.39, 0.29) is 12.0 Å². The van der Waals surface area contributed by atoms with Crippen molar-refractivity contribution < 1.29 is 9.53 Å². The third-order valence-corrected chi connectivity index (χ3v) is 3.31. The molecule has 1 aromatic rings. The number of hydrogen-bond acceptors (Lipinski definition) is 2. The molecule has 1 fully saturated rings. The van der Waals surface area contributed by atoms with Gasteiger partial charge in [-0.05, 0) is 30.9 Å². The third-order valence-electron chi connectivity index (χ3n) is 3.31. The number of amides is 1. The van der Waals surface area contributed by atoms with Crippen LogP contribution >= 0.6 is 0 Å². The molecule has 2 heterocycles. The lowest BCUT2D eigenvalue weighted by Crippen LogP contribution is -2.30. The lowest BCUT2D eigenvalue weighted by molar-refractivity contribution is 0.0483. The number of nitrogens with one attached hydrogen (secondary N) is 1. The van der Waals surface area contributed by atoms with E-state index in [1.165, 1.54) is 0 Å². The summed E-state index contributed by atoms with van der Waals surface area (Å²) in [5, 5.41) is 0. The van der Waals surface area contributed by atoms with E-state index in [0.29, 0.717) is 11.6 Å². The Kier molecular flexibility index (Phi) is 4.42. The van der Waals surface area contributed by atoms with Gasteiger partial charge in [0.05, 0.1) is 6.10 Å². The van der Waals surface area contributed by atoms with Gasteiger partial charge in [-0.15, -0.1) is 0 Å². The molecule has 0 unspecified atom stereocenters. The van der Waals surface area contributed by atoms with Crippen molar-refractivity contribution in [1.82, 2.24) is 9.88 Å². The number of rotatable bonds is 5. The number of carbonyl (C=O) groups is 1. The van der Waals surface area contributed by atoms with Crippen molar-refractivity contribution in [2.75, 3.05) is 19.7 Å². The molecule has 0 spiro atoms. The summed E-state index contributed by atoms with van der Waals surface area (Å²) in [4.78, 5) is 16.9. The number of carbonyl (C=O) groups excluding carboxylic acids is 1. The molecule has 0 saturated carbocycles. The predicted octanol–water partition coefficient (Wildman–Crippen LogP) is 2.29. The molecule has 4 nitrogen and oxygen atoms in total. The minimum atomic E-state index is 0.0787. The summed E-state index contributed by atoms with van der Waals surface area (Å²) in [6, 6.07) is 3.66. The van der Waals surface area contributed by atoms with E-state index in [9.17, 15) is 4.79 Å². The maximum absolute atomic E-state index is 12.1. The Morgan fingerprint density at radius 3 is 3.11 bits per heavy atom. The third kappa shape index (κ3) is 3.35. The molecule has 1 aliphatic rings. The number of aromatic nitrogens is 1. The molecule has 1 N–H and O–H groups in total. The van der Waals surface area contributed by atoms with Crippen LogP contribution in [0.2, 0.25) is 0 Å². The van der Waals surface area contributed by atoms with Crippen molar-refractivity contribution in [3.8, 4) is 0 Å². The van der Waals surface area contributed by atoms with Crippen LogP contribution in [0.4, 0.5) is 0 Å². The molecular weight excluding hydrogens is 228 g/mol. The van der Waals surface area contributed by atoms with E-state index in [1.807, 2.05) is 17.0 Å². The van der Waals surface area contributed by atoms with Crippen molar-refractivity contribution in [2.45, 2.75) is 32.8 Å². The van der Waals surface area contributed by atoms with Crippen molar-refractivity contribution in [3.05, 3.63) is 24.0 Å². The van der Waals surface area contributed by atoms with E-state index in [4.69, 9.17) is 4.74 Å². The smallest absolute Gasteiger partial charge is 0.270 e. The number of ether oxygens (including phenoxy) is 1. The summed E-state index contributed by atoms with van der Waals surface area (Å²) in [7, 11) is 0. The molecule has 1 saturated heterocycles. The molecule has 18 heavy (non-hydrogen) atoms. The molecule has 0 aliphatic carbocycles. The van der Waals surface area contributed by atoms with Gasteiger partial charge in [-0.1, -0.05) is 13.8 Å². The Morgan fingerprint density at radius 2 is 2.44 bits per heavy atom. The van der Waals surface area contributed by atoms with Crippen LogP contribution in [0.1, 0.15) is 37.2 Å². The molecular formula is C14H22N2O2. The largest absolute Gasteiger partial charge is 0.376 e. The average molecular weight is 250 g/mol. The quantitative estimate of drug-likeness (QED) is 0.871. The molecule has 1 aromatic heterocycles. The van der Waals surface area contributed by atoms with E-state index >= 15 is 0 Å². The standard InChI is InChI=1S/C14H22N2O2/c1-11(2)6-9-18-12-5-8-16(10-12)14(17)13-4-3-7-15-13/h3-4,7,11-12,15H,5-6,8-10H2,1-2H3/t12-/m0/s1. The van der Waals surface area contributed by atoms with Gasteiger partial charge in [0.2, 0.25) is 0 Å². The molecule has 0 bridgehead atoms. The molecule has 1 aliphatic heterocycles. The summed E-state index contributed by atoms with van der Waals surface area (Å²) in [6.07, 6.45) is 4.02. The first kappa shape index (κ1) is 13.1. The summed E-state index contributed by atoms with van der Waals surface area (Å²) in [5.74, 6) is 0.748. The Balaban J connectivity index is 1.76. The Bertz CT molecular complexity index is 373. The molecule has 1 atom stereocenters. The second-order valence-corrected chi connectivity index (χ2v) is 5.30. The van der Waals surface area contributed by atoms with Crippen LogP contribution in [0.15, 0.2) is 18.3 Å². The Labute approximate surface area is 108 Å². The summed E-state index contributed by atoms with van der Waals surface area (Å²) in [6.45, 7) is 6.70.